The summed E-state index contributed by atoms with van der Waals surface area (Å²) < 4.78 is 0. The maximum Gasteiger partial charge on any atom is 0.269 e. The zero-order valence-corrected chi connectivity index (χ0v) is 16.1. The molecule has 0 saturated carbocycles. The number of hydrogen-bond donors (Lipinski definition) is 0. The number of rotatable bonds is 4. The van der Waals surface area contributed by atoms with E-state index in [1.165, 1.54) is 23.9 Å². The van der Waals surface area contributed by atoms with E-state index in [0.29, 0.717) is 16.6 Å². The smallest absolute Gasteiger partial charge is 0.269 e. The molecule has 1 fully saturated rings. The molecule has 3 rings (SSSR count). The lowest BCUT2D eigenvalue weighted by Gasteiger charge is -2.13. The molecule has 1 aliphatic rings. The fourth-order valence-electron chi connectivity index (χ4n) is 2.79. The number of aryl methyl sites for hydroxylation is 2. The van der Waals surface area contributed by atoms with Gasteiger partial charge >= 0.3 is 0 Å². The van der Waals surface area contributed by atoms with Crippen molar-refractivity contribution in [2.75, 3.05) is 6.54 Å². The van der Waals surface area contributed by atoms with E-state index >= 15 is 0 Å². The molecule has 0 aliphatic carbocycles. The zero-order valence-electron chi connectivity index (χ0n) is 15.3. The molecule has 0 spiro atoms. The summed E-state index contributed by atoms with van der Waals surface area (Å²) in [5.74, 6) is -0.106. The van der Waals surface area contributed by atoms with Gasteiger partial charge in [0.25, 0.3) is 11.6 Å². The maximum absolute atomic E-state index is 12.7. The summed E-state index contributed by atoms with van der Waals surface area (Å²) in [5.41, 5.74) is 3.75. The summed E-state index contributed by atoms with van der Waals surface area (Å²) in [6.45, 7) is 6.43. The number of carbonyl (C=O) groups is 1. The normalized spacial score (nSPS) is 17.1. The fraction of sp³-hybridized carbons (Fsp3) is 0.200. The first kappa shape index (κ1) is 18.8. The second-order valence-electron chi connectivity index (χ2n) is 6.14. The molecule has 1 saturated heterocycles. The number of likely N-dealkylation sites (N-methyl/N-ethyl adjacent to an activating group) is 1. The number of aliphatic imine (C=N–C) groups is 1. The molecule has 1 aliphatic heterocycles. The van der Waals surface area contributed by atoms with Crippen LogP contribution in [0.15, 0.2) is 52.4 Å². The van der Waals surface area contributed by atoms with E-state index in [-0.39, 0.29) is 11.6 Å². The highest BCUT2D eigenvalue weighted by atomic mass is 32.2. The van der Waals surface area contributed by atoms with Crippen molar-refractivity contribution in [2.45, 2.75) is 20.8 Å². The van der Waals surface area contributed by atoms with Gasteiger partial charge in [-0.2, -0.15) is 0 Å². The van der Waals surface area contributed by atoms with Gasteiger partial charge in [-0.05, 0) is 67.4 Å². The zero-order chi connectivity index (χ0) is 19.6. The fourth-order valence-corrected chi connectivity index (χ4v) is 3.84. The van der Waals surface area contributed by atoms with Crippen molar-refractivity contribution in [1.82, 2.24) is 4.90 Å². The van der Waals surface area contributed by atoms with Crippen LogP contribution in [0, 0.1) is 24.0 Å². The maximum atomic E-state index is 12.7. The molecular formula is C20H19N3O3S. The highest BCUT2D eigenvalue weighted by Crippen LogP contribution is 2.35. The van der Waals surface area contributed by atoms with Crippen molar-refractivity contribution >= 4 is 40.3 Å². The molecule has 0 radical (unpaired) electrons. The number of amidine groups is 1. The lowest BCUT2D eigenvalue weighted by atomic mass is 10.1. The van der Waals surface area contributed by atoms with E-state index in [4.69, 9.17) is 4.99 Å². The van der Waals surface area contributed by atoms with Crippen LogP contribution in [-0.4, -0.2) is 27.4 Å². The minimum Gasteiger partial charge on any atom is -0.287 e. The number of amides is 1. The Morgan fingerprint density at radius 1 is 1.15 bits per heavy atom. The van der Waals surface area contributed by atoms with Gasteiger partial charge in [0.2, 0.25) is 0 Å². The Balaban J connectivity index is 1.95. The van der Waals surface area contributed by atoms with Gasteiger partial charge in [-0.3, -0.25) is 19.8 Å². The van der Waals surface area contributed by atoms with Crippen molar-refractivity contribution in [1.29, 1.82) is 0 Å². The average Bonchev–Trinajstić information content (AvgIpc) is 2.93. The molecule has 1 amide bonds. The number of nitro groups is 1. The van der Waals surface area contributed by atoms with Gasteiger partial charge in [0.1, 0.15) is 0 Å². The molecule has 0 atom stereocenters. The predicted octanol–water partition coefficient (Wildman–Crippen LogP) is 4.84. The average molecular weight is 381 g/mol. The van der Waals surface area contributed by atoms with E-state index < -0.39 is 4.92 Å². The van der Waals surface area contributed by atoms with Crippen molar-refractivity contribution in [2.24, 2.45) is 4.99 Å². The van der Waals surface area contributed by atoms with Gasteiger partial charge in [0, 0.05) is 18.7 Å². The van der Waals surface area contributed by atoms with Crippen molar-refractivity contribution < 1.29 is 9.72 Å². The topological polar surface area (TPSA) is 75.8 Å². The van der Waals surface area contributed by atoms with Crippen LogP contribution >= 0.6 is 11.8 Å². The third-order valence-corrected chi connectivity index (χ3v) is 5.26. The number of thioether (sulfide) groups is 1. The third-order valence-electron chi connectivity index (χ3n) is 4.25. The molecule has 2 aromatic rings. The van der Waals surface area contributed by atoms with E-state index in [9.17, 15) is 14.9 Å². The summed E-state index contributed by atoms with van der Waals surface area (Å²) in [4.78, 5) is 30.0. The number of non-ortho nitro benzene ring substituents is 1. The number of para-hydroxylation sites is 1. The molecule has 2 aromatic carbocycles. The van der Waals surface area contributed by atoms with Gasteiger partial charge in [-0.15, -0.1) is 0 Å². The third kappa shape index (κ3) is 3.93. The van der Waals surface area contributed by atoms with E-state index in [1.807, 2.05) is 39.0 Å². The van der Waals surface area contributed by atoms with Crippen LogP contribution in [0.25, 0.3) is 6.08 Å². The highest BCUT2D eigenvalue weighted by molar-refractivity contribution is 8.18. The van der Waals surface area contributed by atoms with Crippen molar-refractivity contribution in [3.8, 4) is 0 Å². The number of hydrogen-bond acceptors (Lipinski definition) is 5. The minimum atomic E-state index is -0.444. The summed E-state index contributed by atoms with van der Waals surface area (Å²) >= 11 is 1.32. The highest BCUT2D eigenvalue weighted by Gasteiger charge is 2.32. The lowest BCUT2D eigenvalue weighted by Crippen LogP contribution is -2.28. The number of nitro benzene ring substituents is 1. The molecule has 7 heteroatoms. The minimum absolute atomic E-state index is 0.0232. The van der Waals surface area contributed by atoms with E-state index in [0.717, 1.165) is 22.4 Å². The Kier molecular flexibility index (Phi) is 5.41. The van der Waals surface area contributed by atoms with Crippen LogP contribution in [-0.2, 0) is 4.79 Å². The monoisotopic (exact) mass is 381 g/mol. The Hall–Kier alpha value is -2.93. The molecule has 27 heavy (non-hydrogen) atoms. The number of benzene rings is 2. The Labute approximate surface area is 161 Å². The standard InChI is InChI=1S/C20H19N3O3S/c1-4-22-19(24)17(12-15-8-10-16(11-9-15)23(25)26)27-20(22)21-18-13(2)6-5-7-14(18)3/h5-12H,4H2,1-3H3/b17-12+,21-20?. The Bertz CT molecular complexity index is 945. The predicted molar refractivity (Wildman–Crippen MR) is 109 cm³/mol. The summed E-state index contributed by atoms with van der Waals surface area (Å²) in [6.07, 6.45) is 1.74. The molecule has 0 aromatic heterocycles. The number of carbonyl (C=O) groups excluding carboxylic acids is 1. The van der Waals surface area contributed by atoms with Crippen LogP contribution in [0.4, 0.5) is 11.4 Å². The first-order valence-electron chi connectivity index (χ1n) is 8.51. The molecule has 0 N–H and O–H groups in total. The molecular weight excluding hydrogens is 362 g/mol. The SMILES string of the molecule is CCN1C(=O)/C(=C\c2ccc([N+](=O)[O-])cc2)SC1=Nc1c(C)cccc1C. The van der Waals surface area contributed by atoms with Crippen molar-refractivity contribution in [3.63, 3.8) is 0 Å². The van der Waals surface area contributed by atoms with Crippen LogP contribution in [0.3, 0.4) is 0 Å². The van der Waals surface area contributed by atoms with E-state index in [2.05, 4.69) is 0 Å². The van der Waals surface area contributed by atoms with Gasteiger partial charge in [-0.1, -0.05) is 18.2 Å². The van der Waals surface area contributed by atoms with Gasteiger partial charge in [0.15, 0.2) is 5.17 Å². The Morgan fingerprint density at radius 3 is 2.33 bits per heavy atom. The molecule has 6 nitrogen and oxygen atoms in total. The lowest BCUT2D eigenvalue weighted by molar-refractivity contribution is -0.384. The second kappa shape index (κ2) is 7.75. The summed E-state index contributed by atoms with van der Waals surface area (Å²) in [6, 6.07) is 12.1. The molecule has 1 heterocycles. The van der Waals surface area contributed by atoms with Crippen molar-refractivity contribution in [3.05, 3.63) is 74.2 Å². The number of nitrogens with zero attached hydrogens (tertiary/aromatic N) is 3. The second-order valence-corrected chi connectivity index (χ2v) is 7.15. The van der Waals surface area contributed by atoms with Gasteiger partial charge in [-0.25, -0.2) is 4.99 Å². The molecule has 138 valence electrons. The molecule has 0 unspecified atom stereocenters. The van der Waals surface area contributed by atoms with Gasteiger partial charge < -0.3 is 0 Å². The summed E-state index contributed by atoms with van der Waals surface area (Å²) in [7, 11) is 0. The molecule has 0 bridgehead atoms. The van der Waals surface area contributed by atoms with Crippen LogP contribution in [0.1, 0.15) is 23.6 Å². The van der Waals surface area contributed by atoms with E-state index in [1.54, 1.807) is 23.1 Å². The first-order valence-corrected chi connectivity index (χ1v) is 9.33. The van der Waals surface area contributed by atoms with Crippen LogP contribution < -0.4 is 0 Å². The van der Waals surface area contributed by atoms with Gasteiger partial charge in [0.05, 0.1) is 15.5 Å². The summed E-state index contributed by atoms with van der Waals surface area (Å²) in [5, 5.41) is 11.4. The van der Waals surface area contributed by atoms with Crippen LogP contribution in [0.2, 0.25) is 0 Å². The first-order chi connectivity index (χ1) is 12.9. The quantitative estimate of drug-likeness (QED) is 0.432. The Morgan fingerprint density at radius 2 is 1.78 bits per heavy atom. The largest absolute Gasteiger partial charge is 0.287 e. The van der Waals surface area contributed by atoms with Crippen LogP contribution in [0.5, 0.6) is 0 Å².